The maximum Gasteiger partial charge on any atom is -0.00469 e. The maximum absolute atomic E-state index is 2.46. The van der Waals surface area contributed by atoms with E-state index in [1.54, 1.807) is 11.1 Å². The van der Waals surface area contributed by atoms with E-state index in [0.717, 1.165) is 5.41 Å². The van der Waals surface area contributed by atoms with Crippen LogP contribution in [0.1, 0.15) is 49.3 Å². The van der Waals surface area contributed by atoms with Gasteiger partial charge in [0, 0.05) is 0 Å². The second-order valence-electron chi connectivity index (χ2n) is 6.17. The van der Waals surface area contributed by atoms with Crippen LogP contribution in [0.4, 0.5) is 0 Å². The van der Waals surface area contributed by atoms with Crippen molar-refractivity contribution in [1.82, 2.24) is 0 Å². The third kappa shape index (κ3) is 1.50. The van der Waals surface area contributed by atoms with E-state index < -0.39 is 0 Å². The molecular formula is C17H20. The van der Waals surface area contributed by atoms with Crippen molar-refractivity contribution >= 4 is 0 Å². The average Bonchev–Trinajstić information content (AvgIpc) is 3.29. The van der Waals surface area contributed by atoms with E-state index in [2.05, 4.69) is 25.1 Å². The summed E-state index contributed by atoms with van der Waals surface area (Å²) in [7, 11) is 0. The van der Waals surface area contributed by atoms with Gasteiger partial charge in [0.15, 0.2) is 0 Å². The van der Waals surface area contributed by atoms with Crippen LogP contribution >= 0.6 is 0 Å². The first-order chi connectivity index (χ1) is 8.31. The highest BCUT2D eigenvalue weighted by Gasteiger charge is 2.59. The van der Waals surface area contributed by atoms with Gasteiger partial charge in [0.2, 0.25) is 0 Å². The molecule has 1 aromatic rings. The summed E-state index contributed by atoms with van der Waals surface area (Å²) in [6.07, 6.45) is 9.50. The lowest BCUT2D eigenvalue weighted by molar-refractivity contribution is 0.817. The molecule has 0 saturated heterocycles. The summed E-state index contributed by atoms with van der Waals surface area (Å²) in [4.78, 5) is 0. The smallest absolute Gasteiger partial charge is 0.00469 e. The Morgan fingerprint density at radius 2 is 2.00 bits per heavy atom. The summed E-state index contributed by atoms with van der Waals surface area (Å²) >= 11 is 0. The Bertz CT molecular complexity index is 515. The van der Waals surface area contributed by atoms with E-state index in [9.17, 15) is 0 Å². The standard InChI is InChI=1S/C17H20/c1-2-12-3-4-13-5-6-14(10-15(13)9-12)16-11-17(16)7-8-17/h3-4,9H,2,5-8,10-11H2,1H3/b16-14+. The zero-order valence-corrected chi connectivity index (χ0v) is 10.7. The summed E-state index contributed by atoms with van der Waals surface area (Å²) in [6, 6.07) is 7.14. The molecule has 0 amide bonds. The van der Waals surface area contributed by atoms with Gasteiger partial charge in [0.05, 0.1) is 0 Å². The van der Waals surface area contributed by atoms with E-state index in [1.165, 1.54) is 50.5 Å². The second-order valence-corrected chi connectivity index (χ2v) is 6.17. The topological polar surface area (TPSA) is 0 Å². The molecule has 4 rings (SSSR count). The summed E-state index contributed by atoms with van der Waals surface area (Å²) in [5.74, 6) is 0. The Hall–Kier alpha value is -1.04. The molecule has 3 aliphatic rings. The zero-order chi connectivity index (χ0) is 11.5. The summed E-state index contributed by atoms with van der Waals surface area (Å²) in [5, 5.41) is 0. The minimum Gasteiger partial charge on any atom is -0.0657 e. The van der Waals surface area contributed by atoms with E-state index in [0.29, 0.717) is 0 Å². The van der Waals surface area contributed by atoms with Crippen molar-refractivity contribution in [3.63, 3.8) is 0 Å². The van der Waals surface area contributed by atoms with Gasteiger partial charge in [-0.25, -0.2) is 0 Å². The third-order valence-corrected chi connectivity index (χ3v) is 5.09. The first kappa shape index (κ1) is 9.94. The molecule has 0 bridgehead atoms. The van der Waals surface area contributed by atoms with Crippen LogP contribution in [0, 0.1) is 5.41 Å². The van der Waals surface area contributed by atoms with Crippen LogP contribution in [0.25, 0.3) is 0 Å². The Morgan fingerprint density at radius 1 is 1.12 bits per heavy atom. The van der Waals surface area contributed by atoms with Crippen molar-refractivity contribution in [2.45, 2.75) is 51.9 Å². The zero-order valence-electron chi connectivity index (χ0n) is 10.7. The first-order valence-corrected chi connectivity index (χ1v) is 7.13. The van der Waals surface area contributed by atoms with Gasteiger partial charge in [-0.1, -0.05) is 36.3 Å². The number of benzene rings is 1. The molecule has 2 saturated carbocycles. The number of fused-ring (bicyclic) bond motifs is 1. The minimum atomic E-state index is 0.773. The average molecular weight is 224 g/mol. The molecule has 0 heteroatoms. The van der Waals surface area contributed by atoms with Crippen LogP contribution in [0.3, 0.4) is 0 Å². The molecule has 0 nitrogen and oxygen atoms in total. The third-order valence-electron chi connectivity index (χ3n) is 5.09. The summed E-state index contributed by atoms with van der Waals surface area (Å²) in [5.41, 5.74) is 9.19. The van der Waals surface area contributed by atoms with Crippen LogP contribution < -0.4 is 0 Å². The molecule has 0 radical (unpaired) electrons. The van der Waals surface area contributed by atoms with Crippen molar-refractivity contribution in [2.75, 3.05) is 0 Å². The highest BCUT2D eigenvalue weighted by molar-refractivity contribution is 5.48. The Balaban J connectivity index is 1.68. The lowest BCUT2D eigenvalue weighted by Crippen LogP contribution is -2.06. The lowest BCUT2D eigenvalue weighted by atomic mass is 9.86. The number of hydrogen-bond donors (Lipinski definition) is 0. The molecule has 0 aromatic heterocycles. The van der Waals surface area contributed by atoms with Gasteiger partial charge in [-0.2, -0.15) is 0 Å². The minimum absolute atomic E-state index is 0.773. The van der Waals surface area contributed by atoms with Crippen LogP contribution in [-0.2, 0) is 19.3 Å². The molecule has 0 unspecified atom stereocenters. The van der Waals surface area contributed by atoms with Gasteiger partial charge in [-0.05, 0) is 67.1 Å². The van der Waals surface area contributed by atoms with Crippen LogP contribution in [0.15, 0.2) is 29.3 Å². The fourth-order valence-corrected chi connectivity index (χ4v) is 3.59. The predicted octanol–water partition coefficient (Wildman–Crippen LogP) is 4.22. The molecule has 2 fully saturated rings. The number of allylic oxidation sites excluding steroid dienone is 2. The predicted molar refractivity (Wildman–Crippen MR) is 71.2 cm³/mol. The van der Waals surface area contributed by atoms with Gasteiger partial charge in [-0.3, -0.25) is 0 Å². The molecular weight excluding hydrogens is 204 g/mol. The van der Waals surface area contributed by atoms with Gasteiger partial charge >= 0.3 is 0 Å². The van der Waals surface area contributed by atoms with E-state index in [1.807, 2.05) is 11.1 Å². The number of hydrogen-bond acceptors (Lipinski definition) is 0. The molecule has 17 heavy (non-hydrogen) atoms. The molecule has 88 valence electrons. The number of rotatable bonds is 1. The largest absolute Gasteiger partial charge is 0.0657 e. The van der Waals surface area contributed by atoms with E-state index in [4.69, 9.17) is 0 Å². The maximum atomic E-state index is 2.46. The molecule has 3 aliphatic carbocycles. The van der Waals surface area contributed by atoms with Crippen molar-refractivity contribution in [1.29, 1.82) is 0 Å². The molecule has 1 aromatic carbocycles. The van der Waals surface area contributed by atoms with E-state index in [-0.39, 0.29) is 0 Å². The lowest BCUT2D eigenvalue weighted by Gasteiger charge is -2.19. The van der Waals surface area contributed by atoms with Gasteiger partial charge in [0.25, 0.3) is 0 Å². The van der Waals surface area contributed by atoms with Crippen molar-refractivity contribution in [3.05, 3.63) is 46.0 Å². The fraction of sp³-hybridized carbons (Fsp3) is 0.529. The Kier molecular flexibility index (Phi) is 1.90. The highest BCUT2D eigenvalue weighted by Crippen LogP contribution is 2.71. The Morgan fingerprint density at radius 3 is 2.71 bits per heavy atom. The Labute approximate surface area is 104 Å². The summed E-state index contributed by atoms with van der Waals surface area (Å²) in [6.45, 7) is 2.25. The quantitative estimate of drug-likeness (QED) is 0.627. The van der Waals surface area contributed by atoms with E-state index >= 15 is 0 Å². The summed E-state index contributed by atoms with van der Waals surface area (Å²) < 4.78 is 0. The SMILES string of the molecule is CCc1ccc2c(c1)C/C(=C1\CC13CC3)CC2. The second kappa shape index (κ2) is 3.25. The van der Waals surface area contributed by atoms with Crippen molar-refractivity contribution < 1.29 is 0 Å². The van der Waals surface area contributed by atoms with Crippen molar-refractivity contribution in [3.8, 4) is 0 Å². The monoisotopic (exact) mass is 224 g/mol. The van der Waals surface area contributed by atoms with Gasteiger partial charge < -0.3 is 0 Å². The van der Waals surface area contributed by atoms with Crippen LogP contribution in [0.2, 0.25) is 0 Å². The van der Waals surface area contributed by atoms with Crippen molar-refractivity contribution in [2.24, 2.45) is 5.41 Å². The molecule has 0 heterocycles. The van der Waals surface area contributed by atoms with Gasteiger partial charge in [-0.15, -0.1) is 0 Å². The molecule has 0 aliphatic heterocycles. The van der Waals surface area contributed by atoms with Gasteiger partial charge in [0.1, 0.15) is 0 Å². The molecule has 1 spiro atoms. The fourth-order valence-electron chi connectivity index (χ4n) is 3.59. The van der Waals surface area contributed by atoms with Crippen LogP contribution in [0.5, 0.6) is 0 Å². The van der Waals surface area contributed by atoms with Crippen LogP contribution in [-0.4, -0.2) is 0 Å². The normalized spacial score (nSPS) is 28.1. The molecule has 0 atom stereocenters. The first-order valence-electron chi connectivity index (χ1n) is 7.13. The molecule has 0 N–H and O–H groups in total. The highest BCUT2D eigenvalue weighted by atomic mass is 14.6. The number of aryl methyl sites for hydroxylation is 2.